The van der Waals surface area contributed by atoms with E-state index < -0.39 is 12.8 Å². The van der Waals surface area contributed by atoms with Crippen molar-refractivity contribution in [3.05, 3.63) is 17.0 Å². The Morgan fingerprint density at radius 3 is 2.50 bits per heavy atom. The van der Waals surface area contributed by atoms with Crippen LogP contribution < -0.4 is 5.32 Å². The van der Waals surface area contributed by atoms with E-state index in [9.17, 15) is 13.2 Å². The summed E-state index contributed by atoms with van der Waals surface area (Å²) in [5.41, 5.74) is 2.95. The molecule has 0 unspecified atom stereocenters. The molecule has 0 amide bonds. The van der Waals surface area contributed by atoms with Crippen LogP contribution >= 0.6 is 0 Å². The van der Waals surface area contributed by atoms with Crippen LogP contribution in [0.1, 0.15) is 30.8 Å². The number of hydrogen-bond acceptors (Lipinski definition) is 3. The van der Waals surface area contributed by atoms with Gasteiger partial charge < -0.3 is 10.1 Å². The SMILES string of the molecule is Cc1nn(CCOCC(F)(F)F)c(C)c1CNC(C)C. The van der Waals surface area contributed by atoms with Crippen LogP contribution in [0.4, 0.5) is 13.2 Å². The number of halogens is 3. The summed E-state index contributed by atoms with van der Waals surface area (Å²) >= 11 is 0. The molecule has 1 N–H and O–H groups in total. The van der Waals surface area contributed by atoms with Crippen LogP contribution in [0.2, 0.25) is 0 Å². The van der Waals surface area contributed by atoms with Gasteiger partial charge in [-0.2, -0.15) is 18.3 Å². The second-order valence-corrected chi connectivity index (χ2v) is 5.08. The summed E-state index contributed by atoms with van der Waals surface area (Å²) in [6.45, 7) is 7.74. The highest BCUT2D eigenvalue weighted by Gasteiger charge is 2.27. The first-order chi connectivity index (χ1) is 9.20. The molecule has 0 aliphatic carbocycles. The van der Waals surface area contributed by atoms with Gasteiger partial charge in [0.25, 0.3) is 0 Å². The van der Waals surface area contributed by atoms with Crippen LogP contribution in [0.25, 0.3) is 0 Å². The highest BCUT2D eigenvalue weighted by atomic mass is 19.4. The summed E-state index contributed by atoms with van der Waals surface area (Å²) in [7, 11) is 0. The fraction of sp³-hybridized carbons (Fsp3) is 0.769. The number of alkyl halides is 3. The first-order valence-electron chi connectivity index (χ1n) is 6.61. The van der Waals surface area contributed by atoms with Gasteiger partial charge >= 0.3 is 6.18 Å². The molecule has 0 spiro atoms. The predicted molar refractivity (Wildman–Crippen MR) is 70.6 cm³/mol. The minimum absolute atomic E-state index is 0.00147. The molecule has 20 heavy (non-hydrogen) atoms. The van der Waals surface area contributed by atoms with E-state index in [1.54, 1.807) is 4.68 Å². The molecule has 0 atom stereocenters. The summed E-state index contributed by atoms with van der Waals surface area (Å²) in [6.07, 6.45) is -4.28. The molecule has 7 heteroatoms. The Kier molecular flexibility index (Phi) is 6.01. The van der Waals surface area contributed by atoms with E-state index in [1.165, 1.54) is 0 Å². The van der Waals surface area contributed by atoms with E-state index in [2.05, 4.69) is 29.0 Å². The summed E-state index contributed by atoms with van der Waals surface area (Å²) < 4.78 is 42.1. The fourth-order valence-electron chi connectivity index (χ4n) is 1.85. The first-order valence-corrected chi connectivity index (χ1v) is 6.61. The van der Waals surface area contributed by atoms with E-state index in [0.29, 0.717) is 19.1 Å². The standard InChI is InChI=1S/C13H22F3N3O/c1-9(2)17-7-12-10(3)18-19(11(12)4)5-6-20-8-13(14,15)16/h9,17H,5-8H2,1-4H3. The molecule has 1 aromatic rings. The fourth-order valence-corrected chi connectivity index (χ4v) is 1.85. The van der Waals surface area contributed by atoms with Crippen molar-refractivity contribution in [2.75, 3.05) is 13.2 Å². The molecule has 0 aliphatic heterocycles. The topological polar surface area (TPSA) is 39.1 Å². The van der Waals surface area contributed by atoms with Gasteiger partial charge in [-0.15, -0.1) is 0 Å². The number of aryl methyl sites for hydroxylation is 1. The average Bonchev–Trinajstić information content (AvgIpc) is 2.56. The zero-order valence-electron chi connectivity index (χ0n) is 12.3. The van der Waals surface area contributed by atoms with Crippen LogP contribution in [0.3, 0.4) is 0 Å². The van der Waals surface area contributed by atoms with Crippen LogP contribution in [0, 0.1) is 13.8 Å². The van der Waals surface area contributed by atoms with E-state index in [-0.39, 0.29) is 6.61 Å². The van der Waals surface area contributed by atoms with Crippen molar-refractivity contribution in [3.8, 4) is 0 Å². The molecule has 0 fully saturated rings. The van der Waals surface area contributed by atoms with E-state index >= 15 is 0 Å². The Bertz CT molecular complexity index is 427. The van der Waals surface area contributed by atoms with Crippen LogP contribution in [-0.4, -0.2) is 35.2 Å². The van der Waals surface area contributed by atoms with Gasteiger partial charge in [0, 0.05) is 23.8 Å². The lowest BCUT2D eigenvalue weighted by Gasteiger charge is -2.10. The van der Waals surface area contributed by atoms with Gasteiger partial charge in [0.15, 0.2) is 0 Å². The van der Waals surface area contributed by atoms with Gasteiger partial charge in [0.1, 0.15) is 6.61 Å². The molecular formula is C13H22F3N3O. The van der Waals surface area contributed by atoms with E-state index in [0.717, 1.165) is 17.0 Å². The predicted octanol–water partition coefficient (Wildman–Crippen LogP) is 2.58. The Balaban J connectivity index is 2.53. The molecule has 4 nitrogen and oxygen atoms in total. The van der Waals surface area contributed by atoms with Gasteiger partial charge in [-0.3, -0.25) is 4.68 Å². The summed E-state index contributed by atoms with van der Waals surface area (Å²) in [6, 6.07) is 0.368. The molecule has 1 heterocycles. The van der Waals surface area contributed by atoms with Gasteiger partial charge in [-0.1, -0.05) is 13.8 Å². The van der Waals surface area contributed by atoms with Crippen LogP contribution in [0.5, 0.6) is 0 Å². The largest absolute Gasteiger partial charge is 0.411 e. The third kappa shape index (κ3) is 5.50. The molecule has 0 aromatic carbocycles. The number of ether oxygens (including phenoxy) is 1. The Labute approximate surface area is 117 Å². The van der Waals surface area contributed by atoms with Crippen molar-refractivity contribution in [2.45, 2.75) is 53.0 Å². The Morgan fingerprint density at radius 1 is 1.30 bits per heavy atom. The van der Waals surface area contributed by atoms with Crippen molar-refractivity contribution in [1.82, 2.24) is 15.1 Å². The number of hydrogen-bond donors (Lipinski definition) is 1. The lowest BCUT2D eigenvalue weighted by atomic mass is 10.2. The normalized spacial score (nSPS) is 12.4. The number of rotatable bonds is 7. The van der Waals surface area contributed by atoms with Crippen molar-refractivity contribution in [1.29, 1.82) is 0 Å². The summed E-state index contributed by atoms with van der Waals surface area (Å²) in [5, 5.41) is 7.65. The zero-order chi connectivity index (χ0) is 15.3. The quantitative estimate of drug-likeness (QED) is 0.785. The smallest absolute Gasteiger partial charge is 0.370 e. The van der Waals surface area contributed by atoms with Gasteiger partial charge in [-0.05, 0) is 13.8 Å². The Hall–Kier alpha value is -1.08. The summed E-state index contributed by atoms with van der Waals surface area (Å²) in [5.74, 6) is 0. The number of nitrogens with one attached hydrogen (secondary N) is 1. The maximum Gasteiger partial charge on any atom is 0.411 e. The molecular weight excluding hydrogens is 271 g/mol. The second-order valence-electron chi connectivity index (χ2n) is 5.08. The maximum atomic E-state index is 11.9. The number of aromatic nitrogens is 2. The maximum absolute atomic E-state index is 11.9. The van der Waals surface area contributed by atoms with Gasteiger partial charge in [-0.25, -0.2) is 0 Å². The van der Waals surface area contributed by atoms with Crippen molar-refractivity contribution >= 4 is 0 Å². The van der Waals surface area contributed by atoms with Gasteiger partial charge in [0.05, 0.1) is 18.8 Å². The van der Waals surface area contributed by atoms with Crippen molar-refractivity contribution in [3.63, 3.8) is 0 Å². The highest BCUT2D eigenvalue weighted by molar-refractivity contribution is 5.24. The van der Waals surface area contributed by atoms with Gasteiger partial charge in [0.2, 0.25) is 0 Å². The molecule has 0 aliphatic rings. The molecule has 1 rings (SSSR count). The number of nitrogens with zero attached hydrogens (tertiary/aromatic N) is 2. The monoisotopic (exact) mass is 293 g/mol. The van der Waals surface area contributed by atoms with E-state index in [4.69, 9.17) is 0 Å². The first kappa shape index (κ1) is 17.0. The molecule has 0 saturated heterocycles. The molecule has 1 aromatic heterocycles. The minimum atomic E-state index is -4.28. The summed E-state index contributed by atoms with van der Waals surface area (Å²) in [4.78, 5) is 0. The Morgan fingerprint density at radius 2 is 1.95 bits per heavy atom. The zero-order valence-corrected chi connectivity index (χ0v) is 12.3. The van der Waals surface area contributed by atoms with Crippen LogP contribution in [0.15, 0.2) is 0 Å². The molecule has 0 radical (unpaired) electrons. The van der Waals surface area contributed by atoms with E-state index in [1.807, 2.05) is 13.8 Å². The minimum Gasteiger partial charge on any atom is -0.370 e. The third-order valence-corrected chi connectivity index (χ3v) is 2.93. The molecule has 0 bridgehead atoms. The molecule has 0 saturated carbocycles. The average molecular weight is 293 g/mol. The third-order valence-electron chi connectivity index (χ3n) is 2.93. The highest BCUT2D eigenvalue weighted by Crippen LogP contribution is 2.15. The lowest BCUT2D eigenvalue weighted by Crippen LogP contribution is -2.22. The molecule has 116 valence electrons. The lowest BCUT2D eigenvalue weighted by molar-refractivity contribution is -0.174. The van der Waals surface area contributed by atoms with Crippen molar-refractivity contribution in [2.24, 2.45) is 0 Å². The van der Waals surface area contributed by atoms with Crippen LogP contribution in [-0.2, 0) is 17.8 Å². The second kappa shape index (κ2) is 7.08. The van der Waals surface area contributed by atoms with Crippen molar-refractivity contribution < 1.29 is 17.9 Å².